The van der Waals surface area contributed by atoms with E-state index in [4.69, 9.17) is 0 Å². The summed E-state index contributed by atoms with van der Waals surface area (Å²) in [6, 6.07) is 15.8. The molecule has 0 saturated carbocycles. The summed E-state index contributed by atoms with van der Waals surface area (Å²) >= 11 is 0. The third kappa shape index (κ3) is 2.78. The summed E-state index contributed by atoms with van der Waals surface area (Å²) in [7, 11) is 0. The normalized spacial score (nSPS) is 16.2. The van der Waals surface area contributed by atoms with Crippen molar-refractivity contribution in [3.63, 3.8) is 0 Å². The number of carbonyl (C=O) groups is 1. The van der Waals surface area contributed by atoms with Crippen LogP contribution in [0.1, 0.15) is 23.5 Å². The lowest BCUT2D eigenvalue weighted by Gasteiger charge is -2.24. The van der Waals surface area contributed by atoms with Gasteiger partial charge < -0.3 is 15.4 Å². The zero-order valence-corrected chi connectivity index (χ0v) is 13.2. The van der Waals surface area contributed by atoms with Crippen LogP contribution in [-0.2, 0) is 4.79 Å². The number of hydrogen-bond acceptors (Lipinski definition) is 4. The first-order chi connectivity index (χ1) is 12.1. The van der Waals surface area contributed by atoms with Gasteiger partial charge in [-0.05, 0) is 17.7 Å². The summed E-state index contributed by atoms with van der Waals surface area (Å²) in [5.74, 6) is 0.110. The molecule has 3 aromatic rings. The number of nitrogens with one attached hydrogen (secondary N) is 2. The van der Waals surface area contributed by atoms with Crippen LogP contribution in [0.2, 0.25) is 0 Å². The second-order valence-electron chi connectivity index (χ2n) is 5.94. The number of H-pyrrole nitrogens is 1. The maximum atomic E-state index is 12.7. The molecule has 3 N–H and O–H groups in total. The molecule has 0 radical (unpaired) electrons. The van der Waals surface area contributed by atoms with Crippen molar-refractivity contribution >= 4 is 11.7 Å². The van der Waals surface area contributed by atoms with E-state index in [1.807, 2.05) is 30.3 Å². The number of aromatic nitrogens is 2. The van der Waals surface area contributed by atoms with Crippen molar-refractivity contribution in [2.75, 3.05) is 5.32 Å². The zero-order chi connectivity index (χ0) is 17.4. The fourth-order valence-electron chi connectivity index (χ4n) is 3.13. The van der Waals surface area contributed by atoms with E-state index < -0.39 is 5.92 Å². The Morgan fingerprint density at radius 3 is 2.60 bits per heavy atom. The number of nitrogens with zero attached hydrogens (tertiary/aromatic N) is 1. The smallest absolute Gasteiger partial charge is 0.257 e. The standard InChI is InChI=1S/C19H15N3O3/c23-13-8-4-7-12(9-13)14-10-15(24)20-18-16(14)19(25)22-17(21-18)11-5-2-1-3-6-11/h1-9,14,23H,10H2,(H2,20,21,22,24,25)/t14-/m1/s1. The highest BCUT2D eigenvalue weighted by Gasteiger charge is 2.31. The van der Waals surface area contributed by atoms with Crippen LogP contribution in [0, 0.1) is 0 Å². The number of hydrogen-bond donors (Lipinski definition) is 3. The largest absolute Gasteiger partial charge is 0.508 e. The maximum absolute atomic E-state index is 12.7. The summed E-state index contributed by atoms with van der Waals surface area (Å²) in [4.78, 5) is 32.1. The first kappa shape index (κ1) is 15.1. The van der Waals surface area contributed by atoms with E-state index in [9.17, 15) is 14.7 Å². The van der Waals surface area contributed by atoms with Crippen molar-refractivity contribution in [3.8, 4) is 17.1 Å². The zero-order valence-electron chi connectivity index (χ0n) is 13.2. The van der Waals surface area contributed by atoms with Crippen molar-refractivity contribution in [3.05, 3.63) is 76.1 Å². The molecule has 124 valence electrons. The van der Waals surface area contributed by atoms with Crippen LogP contribution in [0.3, 0.4) is 0 Å². The number of phenolic OH excluding ortho intramolecular Hbond substituents is 1. The van der Waals surface area contributed by atoms with Crippen LogP contribution in [0.5, 0.6) is 5.75 Å². The molecule has 6 heteroatoms. The number of aromatic hydroxyl groups is 1. The van der Waals surface area contributed by atoms with Gasteiger partial charge in [0.1, 0.15) is 17.4 Å². The van der Waals surface area contributed by atoms with Gasteiger partial charge in [0.25, 0.3) is 5.56 Å². The Balaban J connectivity index is 1.87. The number of phenols is 1. The Morgan fingerprint density at radius 1 is 1.04 bits per heavy atom. The minimum absolute atomic E-state index is 0.0929. The van der Waals surface area contributed by atoms with Gasteiger partial charge in [-0.15, -0.1) is 0 Å². The van der Waals surface area contributed by atoms with Crippen molar-refractivity contribution in [2.45, 2.75) is 12.3 Å². The Morgan fingerprint density at radius 2 is 1.84 bits per heavy atom. The lowest BCUT2D eigenvalue weighted by molar-refractivity contribution is -0.116. The number of aromatic amines is 1. The van der Waals surface area contributed by atoms with Gasteiger partial charge in [-0.1, -0.05) is 42.5 Å². The number of fused-ring (bicyclic) bond motifs is 1. The van der Waals surface area contributed by atoms with Gasteiger partial charge in [0.2, 0.25) is 5.91 Å². The van der Waals surface area contributed by atoms with Gasteiger partial charge >= 0.3 is 0 Å². The minimum atomic E-state index is -0.447. The third-order valence-corrected chi connectivity index (χ3v) is 4.27. The summed E-state index contributed by atoms with van der Waals surface area (Å²) < 4.78 is 0. The molecule has 2 heterocycles. The van der Waals surface area contributed by atoms with Crippen LogP contribution in [0.25, 0.3) is 11.4 Å². The SMILES string of the molecule is O=C1C[C@H](c2cccc(O)c2)c2c(nc(-c3ccccc3)[nH]c2=O)N1. The molecule has 1 aliphatic heterocycles. The summed E-state index contributed by atoms with van der Waals surface area (Å²) in [6.07, 6.45) is 0.131. The molecule has 4 rings (SSSR count). The predicted octanol–water partition coefficient (Wildman–Crippen LogP) is 2.62. The van der Waals surface area contributed by atoms with Gasteiger partial charge in [-0.3, -0.25) is 9.59 Å². The number of rotatable bonds is 2. The van der Waals surface area contributed by atoms with Crippen molar-refractivity contribution in [1.29, 1.82) is 0 Å². The Kier molecular flexibility index (Phi) is 3.57. The summed E-state index contributed by atoms with van der Waals surface area (Å²) in [5, 5.41) is 12.4. The van der Waals surface area contributed by atoms with Gasteiger partial charge in [0.15, 0.2) is 0 Å². The molecule has 0 fully saturated rings. The molecule has 0 spiro atoms. The van der Waals surface area contributed by atoms with Crippen molar-refractivity contribution in [2.24, 2.45) is 0 Å². The quantitative estimate of drug-likeness (QED) is 0.672. The number of amides is 1. The second kappa shape index (κ2) is 5.90. The molecule has 2 aromatic carbocycles. The van der Waals surface area contributed by atoms with E-state index in [0.717, 1.165) is 5.56 Å². The molecule has 0 unspecified atom stereocenters. The van der Waals surface area contributed by atoms with E-state index in [-0.39, 0.29) is 29.5 Å². The molecule has 1 atom stereocenters. The van der Waals surface area contributed by atoms with Crippen LogP contribution < -0.4 is 10.9 Å². The molecule has 1 aliphatic rings. The van der Waals surface area contributed by atoms with Gasteiger partial charge in [0.05, 0.1) is 5.56 Å². The first-order valence-corrected chi connectivity index (χ1v) is 7.90. The lowest BCUT2D eigenvalue weighted by Crippen LogP contribution is -2.31. The third-order valence-electron chi connectivity index (χ3n) is 4.27. The molecular weight excluding hydrogens is 318 g/mol. The molecule has 1 amide bonds. The first-order valence-electron chi connectivity index (χ1n) is 7.90. The second-order valence-corrected chi connectivity index (χ2v) is 5.94. The summed E-state index contributed by atoms with van der Waals surface area (Å²) in [6.45, 7) is 0. The number of carbonyl (C=O) groups excluding carboxylic acids is 1. The molecular formula is C19H15N3O3. The van der Waals surface area contributed by atoms with Gasteiger partial charge in [-0.2, -0.15) is 0 Å². The van der Waals surface area contributed by atoms with Crippen LogP contribution in [0.4, 0.5) is 5.82 Å². The van der Waals surface area contributed by atoms with E-state index in [2.05, 4.69) is 15.3 Å². The molecule has 0 aliphatic carbocycles. The highest BCUT2D eigenvalue weighted by Crippen LogP contribution is 2.35. The predicted molar refractivity (Wildman–Crippen MR) is 93.5 cm³/mol. The Hall–Kier alpha value is -3.41. The average Bonchev–Trinajstić information content (AvgIpc) is 2.61. The highest BCUT2D eigenvalue weighted by atomic mass is 16.3. The summed E-state index contributed by atoms with van der Waals surface area (Å²) in [5.41, 5.74) is 1.58. The van der Waals surface area contributed by atoms with E-state index in [1.165, 1.54) is 0 Å². The molecule has 6 nitrogen and oxygen atoms in total. The molecule has 0 bridgehead atoms. The van der Waals surface area contributed by atoms with E-state index >= 15 is 0 Å². The topological polar surface area (TPSA) is 95.1 Å². The highest BCUT2D eigenvalue weighted by molar-refractivity contribution is 5.94. The monoisotopic (exact) mass is 333 g/mol. The van der Waals surface area contributed by atoms with Crippen molar-refractivity contribution in [1.82, 2.24) is 9.97 Å². The molecule has 1 aromatic heterocycles. The Bertz CT molecular complexity index is 1010. The van der Waals surface area contributed by atoms with Crippen LogP contribution in [0.15, 0.2) is 59.4 Å². The lowest BCUT2D eigenvalue weighted by atomic mass is 9.86. The maximum Gasteiger partial charge on any atom is 0.257 e. The van der Waals surface area contributed by atoms with E-state index in [0.29, 0.717) is 17.0 Å². The number of anilines is 1. The fraction of sp³-hybridized carbons (Fsp3) is 0.105. The minimum Gasteiger partial charge on any atom is -0.508 e. The Labute approximate surface area is 143 Å². The number of benzene rings is 2. The molecule has 25 heavy (non-hydrogen) atoms. The van der Waals surface area contributed by atoms with Crippen molar-refractivity contribution < 1.29 is 9.90 Å². The van der Waals surface area contributed by atoms with E-state index in [1.54, 1.807) is 24.3 Å². The van der Waals surface area contributed by atoms with Crippen LogP contribution in [-0.4, -0.2) is 21.0 Å². The molecule has 0 saturated heterocycles. The fourth-order valence-corrected chi connectivity index (χ4v) is 3.13. The van der Waals surface area contributed by atoms with Crippen LogP contribution >= 0.6 is 0 Å². The van der Waals surface area contributed by atoms with Gasteiger partial charge in [0, 0.05) is 17.9 Å². The van der Waals surface area contributed by atoms with Gasteiger partial charge in [-0.25, -0.2) is 4.98 Å². The average molecular weight is 333 g/mol.